The van der Waals surface area contributed by atoms with Gasteiger partial charge in [-0.15, -0.1) is 0 Å². The predicted octanol–water partition coefficient (Wildman–Crippen LogP) is 4.60. The lowest BCUT2D eigenvalue weighted by Gasteiger charge is -2.15. The van der Waals surface area contributed by atoms with E-state index in [9.17, 15) is 9.65 Å². The molecule has 0 N–H and O–H groups in total. The second-order valence-electron chi connectivity index (χ2n) is 5.28. The van der Waals surface area contributed by atoms with Crippen LogP contribution in [0.15, 0.2) is 36.4 Å². The van der Waals surface area contributed by atoms with Gasteiger partial charge in [0.2, 0.25) is 0 Å². The first kappa shape index (κ1) is 14.3. The Morgan fingerprint density at radius 1 is 1.10 bits per heavy atom. The van der Waals surface area contributed by atoms with Gasteiger partial charge in [-0.1, -0.05) is 35.9 Å². The molecule has 2 rings (SSSR count). The van der Waals surface area contributed by atoms with Crippen molar-refractivity contribution in [3.63, 3.8) is 0 Å². The highest BCUT2D eigenvalue weighted by molar-refractivity contribution is 5.40. The Labute approximate surface area is 119 Å². The van der Waals surface area contributed by atoms with Gasteiger partial charge in [-0.25, -0.2) is 4.39 Å². The first-order valence-electron chi connectivity index (χ1n) is 6.73. The molecule has 20 heavy (non-hydrogen) atoms. The molecule has 2 aromatic carbocycles. The van der Waals surface area contributed by atoms with Crippen LogP contribution in [-0.4, -0.2) is 0 Å². The highest BCUT2D eigenvalue weighted by Gasteiger charge is 2.17. The van der Waals surface area contributed by atoms with Gasteiger partial charge in [-0.3, -0.25) is 0 Å². The molecule has 0 bridgehead atoms. The van der Waals surface area contributed by atoms with E-state index in [-0.39, 0.29) is 5.82 Å². The quantitative estimate of drug-likeness (QED) is 0.797. The summed E-state index contributed by atoms with van der Waals surface area (Å²) in [7, 11) is 0. The molecule has 0 fully saturated rings. The summed E-state index contributed by atoms with van der Waals surface area (Å²) in [5, 5.41) is 9.38. The molecule has 0 amide bonds. The zero-order chi connectivity index (χ0) is 14.7. The lowest BCUT2D eigenvalue weighted by atomic mass is 9.88. The van der Waals surface area contributed by atoms with Gasteiger partial charge in [0.05, 0.1) is 12.0 Å². The average Bonchev–Trinajstić information content (AvgIpc) is 2.39. The maximum atomic E-state index is 13.8. The van der Waals surface area contributed by atoms with Crippen LogP contribution in [0.25, 0.3) is 0 Å². The monoisotopic (exact) mass is 267 g/mol. The summed E-state index contributed by atoms with van der Waals surface area (Å²) in [6, 6.07) is 13.0. The Morgan fingerprint density at radius 3 is 2.25 bits per heavy atom. The molecule has 0 radical (unpaired) electrons. The second-order valence-corrected chi connectivity index (χ2v) is 5.28. The Hall–Kier alpha value is -2.14. The van der Waals surface area contributed by atoms with Gasteiger partial charge in [0.15, 0.2) is 0 Å². The topological polar surface area (TPSA) is 23.8 Å². The van der Waals surface area contributed by atoms with Gasteiger partial charge < -0.3 is 0 Å². The van der Waals surface area contributed by atoms with Crippen molar-refractivity contribution >= 4 is 0 Å². The van der Waals surface area contributed by atoms with Crippen LogP contribution in [-0.2, 0) is 6.42 Å². The lowest BCUT2D eigenvalue weighted by molar-refractivity contribution is 0.599. The van der Waals surface area contributed by atoms with Gasteiger partial charge >= 0.3 is 0 Å². The normalized spacial score (nSPS) is 11.9. The Kier molecular flexibility index (Phi) is 4.20. The number of hydrogen-bond acceptors (Lipinski definition) is 1. The van der Waals surface area contributed by atoms with Crippen LogP contribution in [0.1, 0.15) is 33.7 Å². The van der Waals surface area contributed by atoms with Crippen LogP contribution in [0, 0.1) is 37.9 Å². The van der Waals surface area contributed by atoms with E-state index in [1.165, 1.54) is 22.8 Å². The van der Waals surface area contributed by atoms with E-state index in [2.05, 4.69) is 25.1 Å². The van der Waals surface area contributed by atoms with Crippen molar-refractivity contribution in [2.24, 2.45) is 0 Å². The van der Waals surface area contributed by atoms with Crippen molar-refractivity contribution in [1.82, 2.24) is 0 Å². The number of hydrogen-bond donors (Lipinski definition) is 0. The molecular formula is C18H18FN. The molecule has 0 aromatic heterocycles. The van der Waals surface area contributed by atoms with Crippen LogP contribution < -0.4 is 0 Å². The van der Waals surface area contributed by atoms with Crippen LogP contribution in [0.3, 0.4) is 0 Å². The van der Waals surface area contributed by atoms with Crippen LogP contribution in [0.2, 0.25) is 0 Å². The zero-order valence-corrected chi connectivity index (χ0v) is 12.1. The molecular weight excluding hydrogens is 249 g/mol. The minimum atomic E-state index is -0.448. The summed E-state index contributed by atoms with van der Waals surface area (Å²) in [4.78, 5) is 0. The molecule has 0 saturated carbocycles. The summed E-state index contributed by atoms with van der Waals surface area (Å²) >= 11 is 0. The zero-order valence-electron chi connectivity index (χ0n) is 12.1. The first-order valence-corrected chi connectivity index (χ1v) is 6.73. The van der Waals surface area contributed by atoms with Crippen molar-refractivity contribution in [3.05, 3.63) is 70.0 Å². The van der Waals surface area contributed by atoms with Crippen molar-refractivity contribution < 1.29 is 4.39 Å². The molecule has 1 nitrogen and oxygen atoms in total. The molecule has 0 aliphatic carbocycles. The summed E-state index contributed by atoms with van der Waals surface area (Å²) < 4.78 is 13.8. The molecule has 0 spiro atoms. The smallest absolute Gasteiger partial charge is 0.127 e. The Bertz CT molecular complexity index is 644. The highest BCUT2D eigenvalue weighted by Crippen LogP contribution is 2.26. The number of halogens is 1. The molecule has 0 aliphatic rings. The maximum absolute atomic E-state index is 13.8. The van der Waals surface area contributed by atoms with Gasteiger partial charge in [0.25, 0.3) is 0 Å². The molecule has 0 saturated heterocycles. The molecule has 2 heteroatoms. The van der Waals surface area contributed by atoms with E-state index in [0.29, 0.717) is 12.0 Å². The molecule has 0 aliphatic heterocycles. The third kappa shape index (κ3) is 2.88. The SMILES string of the molecule is Cc1cc(C)c(CC(C#N)c2ccccc2F)c(C)c1. The van der Waals surface area contributed by atoms with E-state index in [4.69, 9.17) is 0 Å². The first-order chi connectivity index (χ1) is 9.52. The third-order valence-electron chi connectivity index (χ3n) is 3.69. The third-order valence-corrected chi connectivity index (χ3v) is 3.69. The number of rotatable bonds is 3. The number of benzene rings is 2. The summed E-state index contributed by atoms with van der Waals surface area (Å²) in [6.45, 7) is 6.15. The summed E-state index contributed by atoms with van der Waals surface area (Å²) in [5.41, 5.74) is 5.17. The maximum Gasteiger partial charge on any atom is 0.127 e. The average molecular weight is 267 g/mol. The number of nitriles is 1. The van der Waals surface area contributed by atoms with Gasteiger partial charge in [0.1, 0.15) is 5.82 Å². The molecule has 2 aromatic rings. The Morgan fingerprint density at radius 2 is 1.70 bits per heavy atom. The van der Waals surface area contributed by atoms with Gasteiger partial charge in [-0.05, 0) is 49.9 Å². The second kappa shape index (κ2) is 5.88. The minimum Gasteiger partial charge on any atom is -0.207 e. The molecule has 102 valence electrons. The molecule has 1 unspecified atom stereocenters. The standard InChI is InChI=1S/C18H18FN/c1-12-8-13(2)17(14(3)9-12)10-15(11-20)16-6-4-5-7-18(16)19/h4-9,15H,10H2,1-3H3. The van der Waals surface area contributed by atoms with E-state index in [0.717, 1.165) is 5.56 Å². The molecule has 1 atom stereocenters. The lowest BCUT2D eigenvalue weighted by Crippen LogP contribution is -2.06. The van der Waals surface area contributed by atoms with Crippen molar-refractivity contribution in [1.29, 1.82) is 5.26 Å². The van der Waals surface area contributed by atoms with E-state index >= 15 is 0 Å². The fraction of sp³-hybridized carbons (Fsp3) is 0.278. The summed E-state index contributed by atoms with van der Waals surface area (Å²) in [5.74, 6) is -0.752. The Balaban J connectivity index is 2.38. The van der Waals surface area contributed by atoms with Gasteiger partial charge in [0, 0.05) is 5.56 Å². The van der Waals surface area contributed by atoms with Crippen molar-refractivity contribution in [2.45, 2.75) is 33.1 Å². The molecule has 0 heterocycles. The van der Waals surface area contributed by atoms with E-state index in [1.807, 2.05) is 13.8 Å². The fourth-order valence-electron chi connectivity index (χ4n) is 2.72. The fourth-order valence-corrected chi connectivity index (χ4v) is 2.72. The predicted molar refractivity (Wildman–Crippen MR) is 79.1 cm³/mol. The van der Waals surface area contributed by atoms with Crippen LogP contribution >= 0.6 is 0 Å². The van der Waals surface area contributed by atoms with E-state index < -0.39 is 5.92 Å². The highest BCUT2D eigenvalue weighted by atomic mass is 19.1. The largest absolute Gasteiger partial charge is 0.207 e. The van der Waals surface area contributed by atoms with Crippen molar-refractivity contribution in [2.75, 3.05) is 0 Å². The van der Waals surface area contributed by atoms with Crippen LogP contribution in [0.5, 0.6) is 0 Å². The number of aryl methyl sites for hydroxylation is 3. The van der Waals surface area contributed by atoms with Gasteiger partial charge in [-0.2, -0.15) is 5.26 Å². The summed E-state index contributed by atoms with van der Waals surface area (Å²) in [6.07, 6.45) is 0.551. The van der Waals surface area contributed by atoms with Crippen molar-refractivity contribution in [3.8, 4) is 6.07 Å². The minimum absolute atomic E-state index is 0.304. The number of nitrogens with zero attached hydrogens (tertiary/aromatic N) is 1. The van der Waals surface area contributed by atoms with Crippen LogP contribution in [0.4, 0.5) is 4.39 Å². The van der Waals surface area contributed by atoms with E-state index in [1.54, 1.807) is 18.2 Å².